The number of benzene rings is 2. The minimum atomic E-state index is -0.833. The van der Waals surface area contributed by atoms with Crippen LogP contribution in [0.5, 0.6) is 5.75 Å². The Bertz CT molecular complexity index is 1490. The van der Waals surface area contributed by atoms with E-state index in [4.69, 9.17) is 19.6 Å². The highest BCUT2D eigenvalue weighted by molar-refractivity contribution is 5.96. The van der Waals surface area contributed by atoms with Crippen molar-refractivity contribution in [1.82, 2.24) is 20.9 Å². The molecule has 0 spiro atoms. The summed E-state index contributed by atoms with van der Waals surface area (Å²) < 4.78 is 5.39. The maximum atomic E-state index is 13.1. The highest BCUT2D eigenvalue weighted by Crippen LogP contribution is 2.38. The van der Waals surface area contributed by atoms with Crippen LogP contribution in [0, 0.1) is 6.92 Å². The van der Waals surface area contributed by atoms with Gasteiger partial charge in [-0.2, -0.15) is 0 Å². The molecular weight excluding hydrogens is 584 g/mol. The van der Waals surface area contributed by atoms with Crippen LogP contribution >= 0.6 is 0 Å². The second-order valence-electron chi connectivity index (χ2n) is 12.1. The van der Waals surface area contributed by atoms with Crippen molar-refractivity contribution in [2.24, 2.45) is 0 Å². The molecule has 3 aromatic rings. The Labute approximate surface area is 270 Å². The third-order valence-electron chi connectivity index (χ3n) is 8.96. The third-order valence-corrected chi connectivity index (χ3v) is 8.96. The van der Waals surface area contributed by atoms with Crippen molar-refractivity contribution >= 4 is 29.3 Å². The molecule has 0 radical (unpaired) electrons. The van der Waals surface area contributed by atoms with E-state index in [1.165, 1.54) is 5.69 Å². The number of rotatable bonds is 8. The highest BCUT2D eigenvalue weighted by atomic mass is 16.5. The van der Waals surface area contributed by atoms with Crippen LogP contribution in [-0.2, 0) is 11.3 Å². The zero-order valence-corrected chi connectivity index (χ0v) is 26.8. The number of amides is 2. The van der Waals surface area contributed by atoms with Crippen LogP contribution in [0.2, 0.25) is 0 Å². The van der Waals surface area contributed by atoms with Gasteiger partial charge in [-0.15, -0.1) is 0 Å². The van der Waals surface area contributed by atoms with E-state index in [1.807, 2.05) is 37.3 Å². The van der Waals surface area contributed by atoms with Crippen LogP contribution in [0.25, 0.3) is 0 Å². The van der Waals surface area contributed by atoms with E-state index < -0.39 is 5.97 Å². The number of aromatic nitrogens is 1. The minimum Gasteiger partial charge on any atom is -0.496 e. The number of hydrogen-bond acceptors (Lipinski definition) is 8. The monoisotopic (exact) mass is 628 g/mol. The summed E-state index contributed by atoms with van der Waals surface area (Å²) in [6.07, 6.45) is 5.58. The van der Waals surface area contributed by atoms with Gasteiger partial charge in [-0.3, -0.25) is 14.4 Å². The van der Waals surface area contributed by atoms with Crippen LogP contribution < -0.4 is 30.5 Å². The Hall–Kier alpha value is -4.64. The lowest BCUT2D eigenvalue weighted by atomic mass is 9.96. The minimum absolute atomic E-state index is 0.0479. The van der Waals surface area contributed by atoms with E-state index in [9.17, 15) is 9.59 Å². The van der Waals surface area contributed by atoms with Crippen LogP contribution in [0.1, 0.15) is 64.4 Å². The lowest BCUT2D eigenvalue weighted by molar-refractivity contribution is -0.134. The number of carbonyl (C=O) groups excluding carboxylic acids is 2. The molecule has 3 aliphatic rings. The Morgan fingerprint density at radius 2 is 1.65 bits per heavy atom. The largest absolute Gasteiger partial charge is 0.496 e. The van der Waals surface area contributed by atoms with Gasteiger partial charge in [0.15, 0.2) is 0 Å². The highest BCUT2D eigenvalue weighted by Gasteiger charge is 2.42. The molecule has 11 heteroatoms. The molecule has 1 aromatic heterocycles. The van der Waals surface area contributed by atoms with Gasteiger partial charge in [-0.05, 0) is 74.6 Å². The van der Waals surface area contributed by atoms with Gasteiger partial charge in [-0.25, -0.2) is 4.98 Å². The fraction of sp³-hybridized carbons (Fsp3) is 0.429. The van der Waals surface area contributed by atoms with Crippen molar-refractivity contribution in [3.8, 4) is 5.75 Å². The number of aliphatic carboxylic acids is 1. The number of carboxylic acid groups (broad SMARTS) is 1. The van der Waals surface area contributed by atoms with Gasteiger partial charge < -0.3 is 35.6 Å². The molecule has 3 aliphatic heterocycles. The fourth-order valence-corrected chi connectivity index (χ4v) is 6.72. The summed E-state index contributed by atoms with van der Waals surface area (Å²) >= 11 is 0. The Morgan fingerprint density at radius 3 is 2.26 bits per heavy atom. The van der Waals surface area contributed by atoms with E-state index >= 15 is 0 Å². The number of carboxylic acids is 1. The molecule has 244 valence electrons. The van der Waals surface area contributed by atoms with E-state index in [2.05, 4.69) is 50.0 Å². The Kier molecular flexibility index (Phi) is 10.7. The quantitative estimate of drug-likeness (QED) is 0.294. The number of ether oxygens (including phenoxy) is 1. The lowest BCUT2D eigenvalue weighted by Crippen LogP contribution is -2.50. The Morgan fingerprint density at radius 1 is 0.978 bits per heavy atom. The van der Waals surface area contributed by atoms with Gasteiger partial charge in [0.05, 0.1) is 12.7 Å². The van der Waals surface area contributed by atoms with E-state index in [0.717, 1.165) is 81.5 Å². The van der Waals surface area contributed by atoms with E-state index in [-0.39, 0.29) is 17.9 Å². The average Bonchev–Trinajstić information content (AvgIpc) is 3.33. The number of fused-ring (bicyclic) bond motifs is 2. The summed E-state index contributed by atoms with van der Waals surface area (Å²) in [6, 6.07) is 18.6. The van der Waals surface area contributed by atoms with Gasteiger partial charge >= 0.3 is 0 Å². The molecule has 4 N–H and O–H groups in total. The molecule has 11 nitrogen and oxygen atoms in total. The molecule has 2 aromatic carbocycles. The molecule has 46 heavy (non-hydrogen) atoms. The summed E-state index contributed by atoms with van der Waals surface area (Å²) in [5.41, 5.74) is 4.36. The van der Waals surface area contributed by atoms with Gasteiger partial charge in [0.1, 0.15) is 11.6 Å². The average molecular weight is 629 g/mol. The predicted molar refractivity (Wildman–Crippen MR) is 178 cm³/mol. The van der Waals surface area contributed by atoms with Crippen molar-refractivity contribution in [3.05, 3.63) is 83.0 Å². The van der Waals surface area contributed by atoms with Crippen molar-refractivity contribution < 1.29 is 24.2 Å². The van der Waals surface area contributed by atoms with Crippen LogP contribution in [0.3, 0.4) is 0 Å². The van der Waals surface area contributed by atoms with Crippen molar-refractivity contribution in [1.29, 1.82) is 0 Å². The molecule has 3 atom stereocenters. The third kappa shape index (κ3) is 7.95. The second-order valence-corrected chi connectivity index (χ2v) is 12.1. The summed E-state index contributed by atoms with van der Waals surface area (Å²) in [5.74, 6) is 0.613. The SMILES string of the molecule is CC(=O)O.COc1cccc(C(=O)N[C@H]2C[C@H]3CC[C@@H](C2)N3c2ccc(C(=O)NCc3ccc(N4CCNCC4)cc3)cn2)c1C. The molecular formula is C35H44N6O5. The number of anilines is 2. The van der Waals surface area contributed by atoms with Crippen molar-refractivity contribution in [2.45, 2.75) is 64.2 Å². The first-order valence-corrected chi connectivity index (χ1v) is 15.9. The summed E-state index contributed by atoms with van der Waals surface area (Å²) in [4.78, 5) is 44.4. The van der Waals surface area contributed by atoms with E-state index in [0.29, 0.717) is 29.8 Å². The van der Waals surface area contributed by atoms with Crippen molar-refractivity contribution in [2.75, 3.05) is 43.1 Å². The number of methoxy groups -OCH3 is 1. The number of carbonyl (C=O) groups is 3. The molecule has 3 saturated heterocycles. The van der Waals surface area contributed by atoms with Gasteiger partial charge in [0.2, 0.25) is 0 Å². The van der Waals surface area contributed by atoms with Gasteiger partial charge in [0.25, 0.3) is 17.8 Å². The van der Waals surface area contributed by atoms with E-state index in [1.54, 1.807) is 13.3 Å². The summed E-state index contributed by atoms with van der Waals surface area (Å²) in [7, 11) is 1.62. The molecule has 6 rings (SSSR count). The summed E-state index contributed by atoms with van der Waals surface area (Å²) in [6.45, 7) is 7.52. The van der Waals surface area contributed by atoms with Crippen LogP contribution in [0.15, 0.2) is 60.8 Å². The van der Waals surface area contributed by atoms with Crippen LogP contribution in [0.4, 0.5) is 11.5 Å². The molecule has 2 amide bonds. The predicted octanol–water partition coefficient (Wildman–Crippen LogP) is 3.76. The smallest absolute Gasteiger partial charge is 0.300 e. The molecule has 2 bridgehead atoms. The fourth-order valence-electron chi connectivity index (χ4n) is 6.72. The number of piperidine rings is 1. The number of hydrogen-bond donors (Lipinski definition) is 4. The van der Waals surface area contributed by atoms with Gasteiger partial charge in [-0.1, -0.05) is 18.2 Å². The number of pyridine rings is 1. The number of nitrogens with zero attached hydrogens (tertiary/aromatic N) is 3. The first-order chi connectivity index (χ1) is 22.2. The van der Waals surface area contributed by atoms with Gasteiger partial charge in [0, 0.05) is 80.8 Å². The molecule has 4 heterocycles. The lowest BCUT2D eigenvalue weighted by Gasteiger charge is -2.40. The Balaban J connectivity index is 0.000000985. The normalized spacial score (nSPS) is 20.3. The van der Waals surface area contributed by atoms with Crippen molar-refractivity contribution in [3.63, 3.8) is 0 Å². The zero-order valence-electron chi connectivity index (χ0n) is 26.8. The summed E-state index contributed by atoms with van der Waals surface area (Å²) in [5, 5.41) is 17.1. The molecule has 3 fully saturated rings. The topological polar surface area (TPSA) is 136 Å². The molecule has 0 saturated carbocycles. The standard InChI is InChI=1S/C33H40N6O3.C2H4O2/c1-22-29(4-3-5-30(22)42-2)33(41)37-25-18-27-11-12-28(19-25)39(27)31-13-8-24(21-35-31)32(40)36-20-23-6-9-26(10-7-23)38-16-14-34-15-17-38;1-2(3)4/h3-10,13,21,25,27-28,34H,11-12,14-20H2,1-2H3,(H,36,40)(H,37,41);1H3,(H,3,4)/t25-,27+,28-;. The first-order valence-electron chi connectivity index (χ1n) is 15.9. The maximum Gasteiger partial charge on any atom is 0.300 e. The zero-order chi connectivity index (χ0) is 32.6. The van der Waals surface area contributed by atoms with Crippen LogP contribution in [-0.4, -0.2) is 79.3 Å². The molecule has 0 unspecified atom stereocenters. The number of nitrogens with one attached hydrogen (secondary N) is 3. The first kappa shape index (κ1) is 32.7. The molecule has 0 aliphatic carbocycles. The maximum absolute atomic E-state index is 13.1. The second kappa shape index (κ2) is 15.1. The number of piperazine rings is 1.